The van der Waals surface area contributed by atoms with Crippen LogP contribution >= 0.6 is 90.4 Å². The van der Waals surface area contributed by atoms with Gasteiger partial charge in [0.1, 0.15) is 42.0 Å². The standard InChI is InChI=1S/C32H21FI4O4S/c33-21-1-7-24(8-2-21)42(25-9-3-22(4-10-25)40-17-19-13-27(34)31(38)28(35)14-19)26-11-5-23(6-12-26)41-18-20-15-29(36)32(39)30(37)16-20/h1-16H,17-18H2,(H-,38,39)/p+1. The summed E-state index contributed by atoms with van der Waals surface area (Å²) in [4.78, 5) is 3.15. The molecule has 5 aromatic rings. The third-order valence-corrected chi connectivity index (χ3v) is 11.7. The minimum Gasteiger partial charge on any atom is -0.506 e. The van der Waals surface area contributed by atoms with Gasteiger partial charge < -0.3 is 19.7 Å². The molecule has 4 nitrogen and oxygen atoms in total. The van der Waals surface area contributed by atoms with Crippen molar-refractivity contribution in [3.63, 3.8) is 0 Å². The first-order valence-electron chi connectivity index (χ1n) is 12.5. The number of phenols is 2. The number of aromatic hydroxyl groups is 2. The molecule has 0 aliphatic rings. The van der Waals surface area contributed by atoms with Crippen LogP contribution in [-0.4, -0.2) is 10.2 Å². The number of ether oxygens (including phenoxy) is 2. The summed E-state index contributed by atoms with van der Waals surface area (Å²) >= 11 is 8.47. The molecule has 10 heteroatoms. The van der Waals surface area contributed by atoms with Gasteiger partial charge >= 0.3 is 0 Å². The van der Waals surface area contributed by atoms with Gasteiger partial charge in [0.25, 0.3) is 0 Å². The number of benzene rings is 5. The van der Waals surface area contributed by atoms with Crippen molar-refractivity contribution >= 4 is 101 Å². The average Bonchev–Trinajstić information content (AvgIpc) is 2.98. The zero-order valence-corrected chi connectivity index (χ0v) is 31.1. The molecule has 2 N–H and O–H groups in total. The van der Waals surface area contributed by atoms with Gasteiger partial charge in [0.2, 0.25) is 0 Å². The molecule has 0 radical (unpaired) electrons. The van der Waals surface area contributed by atoms with Gasteiger partial charge in [-0.2, -0.15) is 0 Å². The normalized spacial score (nSPS) is 11.1. The number of rotatable bonds is 9. The molecule has 0 fully saturated rings. The van der Waals surface area contributed by atoms with Gasteiger partial charge in [0, 0.05) is 0 Å². The SMILES string of the molecule is Oc1c(I)cc(COc2ccc([S+](c3ccc(F)cc3)c3ccc(OCc4cc(I)c(O)c(I)c4)cc3)cc2)cc1I. The Labute approximate surface area is 301 Å². The highest BCUT2D eigenvalue weighted by atomic mass is 127. The molecule has 0 unspecified atom stereocenters. The van der Waals surface area contributed by atoms with Crippen LogP contribution in [0.2, 0.25) is 0 Å². The van der Waals surface area contributed by atoms with E-state index < -0.39 is 10.9 Å². The quantitative estimate of drug-likeness (QED) is 0.114. The van der Waals surface area contributed by atoms with Crippen molar-refractivity contribution in [2.75, 3.05) is 0 Å². The summed E-state index contributed by atoms with van der Waals surface area (Å²) in [6, 6.07) is 30.3. The van der Waals surface area contributed by atoms with E-state index in [1.165, 1.54) is 12.1 Å². The van der Waals surface area contributed by atoms with Crippen molar-refractivity contribution in [2.45, 2.75) is 27.9 Å². The molecular formula is C32H22FI4O4S+. The summed E-state index contributed by atoms with van der Waals surface area (Å²) in [6.45, 7) is 0.776. The first-order chi connectivity index (χ1) is 20.2. The Balaban J connectivity index is 1.34. The summed E-state index contributed by atoms with van der Waals surface area (Å²) in [6.07, 6.45) is 0. The predicted octanol–water partition coefficient (Wildman–Crippen LogP) is 9.91. The van der Waals surface area contributed by atoms with Gasteiger partial charge in [-0.3, -0.25) is 0 Å². The summed E-state index contributed by atoms with van der Waals surface area (Å²) in [5.41, 5.74) is 1.96. The molecule has 0 aromatic heterocycles. The van der Waals surface area contributed by atoms with E-state index in [2.05, 4.69) is 90.4 Å². The van der Waals surface area contributed by atoms with E-state index in [-0.39, 0.29) is 5.82 Å². The molecule has 0 aliphatic carbocycles. The Bertz CT molecular complexity index is 1550. The largest absolute Gasteiger partial charge is 0.506 e. The minimum absolute atomic E-state index is 0.271. The summed E-state index contributed by atoms with van der Waals surface area (Å²) in [7, 11) is -0.474. The second kappa shape index (κ2) is 14.5. The van der Waals surface area contributed by atoms with Crippen LogP contribution in [0.1, 0.15) is 11.1 Å². The van der Waals surface area contributed by atoms with E-state index in [0.717, 1.165) is 51.6 Å². The molecule has 0 bridgehead atoms. The molecule has 0 aliphatic heterocycles. The first kappa shape index (κ1) is 31.9. The second-order valence-corrected chi connectivity index (χ2v) is 15.8. The molecule has 0 saturated carbocycles. The van der Waals surface area contributed by atoms with Crippen molar-refractivity contribution < 1.29 is 24.1 Å². The number of hydrogen-bond acceptors (Lipinski definition) is 4. The van der Waals surface area contributed by atoms with Gasteiger partial charge in [-0.15, -0.1) is 0 Å². The number of hydrogen-bond donors (Lipinski definition) is 2. The fraction of sp³-hybridized carbons (Fsp3) is 0.0625. The van der Waals surface area contributed by atoms with Gasteiger partial charge in [-0.1, -0.05) is 0 Å². The fourth-order valence-electron chi connectivity index (χ4n) is 4.06. The van der Waals surface area contributed by atoms with Crippen LogP contribution < -0.4 is 9.47 Å². The maximum absolute atomic E-state index is 13.8. The molecule has 42 heavy (non-hydrogen) atoms. The van der Waals surface area contributed by atoms with Gasteiger partial charge in [0.05, 0.1) is 25.2 Å². The Morgan fingerprint density at radius 3 is 1.17 bits per heavy atom. The maximum Gasteiger partial charge on any atom is 0.166 e. The van der Waals surface area contributed by atoms with Crippen molar-refractivity contribution in [2.24, 2.45) is 0 Å². The number of halogens is 5. The third kappa shape index (κ3) is 7.95. The molecule has 0 spiro atoms. The highest BCUT2D eigenvalue weighted by Gasteiger charge is 2.29. The molecular weight excluding hydrogens is 1010 g/mol. The summed E-state index contributed by atoms with van der Waals surface area (Å²) < 4.78 is 29.0. The minimum atomic E-state index is -0.474. The molecule has 0 heterocycles. The smallest absolute Gasteiger partial charge is 0.166 e. The van der Waals surface area contributed by atoms with E-state index in [1.54, 1.807) is 0 Å². The van der Waals surface area contributed by atoms with Crippen molar-refractivity contribution in [3.05, 3.63) is 128 Å². The van der Waals surface area contributed by atoms with Gasteiger partial charge in [-0.05, 0) is 199 Å². The Morgan fingerprint density at radius 1 is 0.524 bits per heavy atom. The average molecular weight is 1030 g/mol. The lowest BCUT2D eigenvalue weighted by Gasteiger charge is -2.12. The molecule has 0 atom stereocenters. The van der Waals surface area contributed by atoms with E-state index in [4.69, 9.17) is 9.47 Å². The van der Waals surface area contributed by atoms with E-state index in [1.807, 2.05) is 84.9 Å². The molecule has 0 amide bonds. The zero-order chi connectivity index (χ0) is 29.8. The van der Waals surface area contributed by atoms with Crippen molar-refractivity contribution in [3.8, 4) is 23.0 Å². The lowest BCUT2D eigenvalue weighted by molar-refractivity contribution is 0.305. The van der Waals surface area contributed by atoms with E-state index in [0.29, 0.717) is 24.7 Å². The Hall–Kier alpha value is -1.50. The highest BCUT2D eigenvalue weighted by Crippen LogP contribution is 2.34. The monoisotopic (exact) mass is 1030 g/mol. The van der Waals surface area contributed by atoms with Gasteiger partial charge in [0.15, 0.2) is 14.7 Å². The molecule has 5 aromatic carbocycles. The molecule has 5 rings (SSSR count). The second-order valence-electron chi connectivity index (χ2n) is 9.10. The lowest BCUT2D eigenvalue weighted by atomic mass is 10.2. The highest BCUT2D eigenvalue weighted by molar-refractivity contribution is 14.1. The molecule has 214 valence electrons. The number of phenolic OH excluding ortho intramolecular Hbond substituents is 2. The Morgan fingerprint density at radius 2 is 0.833 bits per heavy atom. The van der Waals surface area contributed by atoms with Crippen molar-refractivity contribution in [1.82, 2.24) is 0 Å². The Kier molecular flexibility index (Phi) is 11.0. The van der Waals surface area contributed by atoms with Crippen LogP contribution in [0.4, 0.5) is 4.39 Å². The predicted molar refractivity (Wildman–Crippen MR) is 197 cm³/mol. The first-order valence-corrected chi connectivity index (χ1v) is 18.0. The zero-order valence-electron chi connectivity index (χ0n) is 21.7. The van der Waals surface area contributed by atoms with E-state index >= 15 is 0 Å². The van der Waals surface area contributed by atoms with Crippen LogP contribution in [0.25, 0.3) is 0 Å². The summed E-state index contributed by atoms with van der Waals surface area (Å²) in [5.74, 6) is 1.78. The van der Waals surface area contributed by atoms with Crippen LogP contribution in [0.3, 0.4) is 0 Å². The summed E-state index contributed by atoms with van der Waals surface area (Å²) in [5, 5.41) is 20.1. The van der Waals surface area contributed by atoms with Crippen LogP contribution in [0, 0.1) is 20.1 Å². The van der Waals surface area contributed by atoms with Crippen LogP contribution in [0.5, 0.6) is 23.0 Å². The third-order valence-electron chi connectivity index (χ3n) is 6.13. The van der Waals surface area contributed by atoms with Crippen LogP contribution in [0.15, 0.2) is 112 Å². The topological polar surface area (TPSA) is 58.9 Å². The molecule has 0 saturated heterocycles. The van der Waals surface area contributed by atoms with Crippen LogP contribution in [-0.2, 0) is 24.1 Å². The van der Waals surface area contributed by atoms with Gasteiger partial charge in [-0.25, -0.2) is 4.39 Å². The van der Waals surface area contributed by atoms with E-state index in [9.17, 15) is 14.6 Å². The maximum atomic E-state index is 13.8. The fourth-order valence-corrected chi connectivity index (χ4v) is 9.89. The van der Waals surface area contributed by atoms with Crippen molar-refractivity contribution in [1.29, 1.82) is 0 Å². The lowest BCUT2D eigenvalue weighted by Crippen LogP contribution is -2.05.